The zero-order valence-electron chi connectivity index (χ0n) is 18.1. The highest BCUT2D eigenvalue weighted by atomic mass is 16.6. The van der Waals surface area contributed by atoms with E-state index in [2.05, 4.69) is 10.4 Å². The van der Waals surface area contributed by atoms with Gasteiger partial charge in [-0.3, -0.25) is 9.48 Å². The summed E-state index contributed by atoms with van der Waals surface area (Å²) in [6.45, 7) is 6.45. The first kappa shape index (κ1) is 20.4. The average Bonchev–Trinajstić information content (AvgIpc) is 3.58. The van der Waals surface area contributed by atoms with E-state index in [-0.39, 0.29) is 24.0 Å². The molecule has 0 aliphatic heterocycles. The number of anilines is 1. The number of hydrogen-bond donors (Lipinski definition) is 1. The third kappa shape index (κ3) is 5.01. The summed E-state index contributed by atoms with van der Waals surface area (Å²) in [7, 11) is 1.81. The van der Waals surface area contributed by atoms with Crippen LogP contribution in [0.5, 0.6) is 0 Å². The predicted octanol–water partition coefficient (Wildman–Crippen LogP) is 4.18. The second-order valence-electron chi connectivity index (χ2n) is 9.47. The van der Waals surface area contributed by atoms with Gasteiger partial charge in [0, 0.05) is 37.3 Å². The predicted molar refractivity (Wildman–Crippen MR) is 114 cm³/mol. The Balaban J connectivity index is 1.44. The molecule has 1 aromatic heterocycles. The van der Waals surface area contributed by atoms with Crippen LogP contribution in [0.25, 0.3) is 0 Å². The van der Waals surface area contributed by atoms with Crippen LogP contribution in [0.2, 0.25) is 0 Å². The van der Waals surface area contributed by atoms with E-state index in [4.69, 9.17) is 4.74 Å². The van der Waals surface area contributed by atoms with E-state index in [1.807, 2.05) is 57.0 Å². The van der Waals surface area contributed by atoms with Crippen molar-refractivity contribution in [1.29, 1.82) is 0 Å². The van der Waals surface area contributed by atoms with Crippen LogP contribution in [0.4, 0.5) is 10.5 Å². The summed E-state index contributed by atoms with van der Waals surface area (Å²) in [6, 6.07) is 7.82. The Kier molecular flexibility index (Phi) is 5.30. The molecule has 2 fully saturated rings. The summed E-state index contributed by atoms with van der Waals surface area (Å²) in [5, 5.41) is 6.94. The number of carbonyl (C=O) groups excluding carboxylic acids is 2. The molecule has 1 aromatic carbocycles. The molecule has 2 aliphatic carbocycles. The minimum absolute atomic E-state index is 0.136. The molecule has 2 aromatic rings. The Morgan fingerprint density at radius 1 is 1.30 bits per heavy atom. The summed E-state index contributed by atoms with van der Waals surface area (Å²) >= 11 is 0. The second-order valence-corrected chi connectivity index (χ2v) is 9.47. The highest BCUT2D eigenvalue weighted by Gasteiger charge is 2.47. The van der Waals surface area contributed by atoms with Crippen LogP contribution in [0.15, 0.2) is 36.7 Å². The Hall–Kier alpha value is -2.83. The average molecular weight is 411 g/mol. The lowest BCUT2D eigenvalue weighted by atomic mass is 10.1. The van der Waals surface area contributed by atoms with Crippen molar-refractivity contribution in [2.75, 3.05) is 11.9 Å². The maximum absolute atomic E-state index is 12.8. The molecule has 1 N–H and O–H groups in total. The van der Waals surface area contributed by atoms with Crippen molar-refractivity contribution in [1.82, 2.24) is 14.7 Å². The second kappa shape index (κ2) is 7.78. The van der Waals surface area contributed by atoms with E-state index >= 15 is 0 Å². The number of aromatic nitrogens is 2. The molecule has 2 atom stereocenters. The minimum atomic E-state index is -0.506. The number of ether oxygens (including phenoxy) is 1. The van der Waals surface area contributed by atoms with Crippen LogP contribution < -0.4 is 5.32 Å². The first-order chi connectivity index (χ1) is 14.2. The molecule has 0 radical (unpaired) electrons. The largest absolute Gasteiger partial charge is 0.444 e. The summed E-state index contributed by atoms with van der Waals surface area (Å²) in [4.78, 5) is 27.3. The van der Waals surface area contributed by atoms with Crippen molar-refractivity contribution in [2.24, 2.45) is 13.0 Å². The monoisotopic (exact) mass is 410 g/mol. The molecule has 2 amide bonds. The van der Waals surface area contributed by atoms with Crippen LogP contribution in [-0.2, 0) is 11.8 Å². The molecule has 0 bridgehead atoms. The third-order valence-electron chi connectivity index (χ3n) is 5.48. The zero-order valence-corrected chi connectivity index (χ0v) is 18.1. The molecule has 160 valence electrons. The zero-order chi connectivity index (χ0) is 21.5. The Morgan fingerprint density at radius 2 is 2.07 bits per heavy atom. The van der Waals surface area contributed by atoms with E-state index in [0.29, 0.717) is 17.2 Å². The summed E-state index contributed by atoms with van der Waals surface area (Å²) in [5.74, 6) is 0.668. The van der Waals surface area contributed by atoms with Crippen LogP contribution in [-0.4, -0.2) is 44.9 Å². The fourth-order valence-corrected chi connectivity index (χ4v) is 3.73. The molecular weight excluding hydrogens is 380 g/mol. The number of amides is 2. The van der Waals surface area contributed by atoms with E-state index in [9.17, 15) is 9.59 Å². The van der Waals surface area contributed by atoms with Gasteiger partial charge in [0.05, 0.1) is 11.9 Å². The first-order valence-electron chi connectivity index (χ1n) is 10.6. The summed E-state index contributed by atoms with van der Waals surface area (Å²) in [6.07, 6.45) is 6.42. The van der Waals surface area contributed by atoms with Gasteiger partial charge in [-0.2, -0.15) is 5.10 Å². The molecule has 2 aliphatic rings. The van der Waals surface area contributed by atoms with Crippen molar-refractivity contribution in [3.63, 3.8) is 0 Å². The molecule has 7 heteroatoms. The molecule has 0 spiro atoms. The fourth-order valence-electron chi connectivity index (χ4n) is 3.73. The lowest BCUT2D eigenvalue weighted by Crippen LogP contribution is -2.40. The van der Waals surface area contributed by atoms with Crippen molar-refractivity contribution in [3.8, 4) is 0 Å². The van der Waals surface area contributed by atoms with E-state index < -0.39 is 5.60 Å². The highest BCUT2D eigenvalue weighted by Crippen LogP contribution is 2.46. The topological polar surface area (TPSA) is 76.5 Å². The molecule has 7 nitrogen and oxygen atoms in total. The van der Waals surface area contributed by atoms with Gasteiger partial charge < -0.3 is 15.0 Å². The molecular formula is C23H30N4O3. The minimum Gasteiger partial charge on any atom is -0.444 e. The smallest absolute Gasteiger partial charge is 0.410 e. The SMILES string of the molecule is Cn1cc(NC(=O)c2cccc([C@@H]3C[C@H]3N(CC3CC3)C(=O)OC(C)(C)C)c2)cn1. The molecule has 2 saturated carbocycles. The van der Waals surface area contributed by atoms with E-state index in [1.165, 1.54) is 12.8 Å². The van der Waals surface area contributed by atoms with Crippen molar-refractivity contribution < 1.29 is 14.3 Å². The van der Waals surface area contributed by atoms with Gasteiger partial charge >= 0.3 is 6.09 Å². The molecule has 0 unspecified atom stereocenters. The highest BCUT2D eigenvalue weighted by molar-refractivity contribution is 6.04. The Bertz CT molecular complexity index is 942. The van der Waals surface area contributed by atoms with Gasteiger partial charge in [0.1, 0.15) is 5.60 Å². The van der Waals surface area contributed by atoms with Crippen molar-refractivity contribution in [3.05, 3.63) is 47.8 Å². The lowest BCUT2D eigenvalue weighted by molar-refractivity contribution is 0.0220. The summed E-state index contributed by atoms with van der Waals surface area (Å²) in [5.41, 5.74) is 1.85. The number of aryl methyl sites for hydroxylation is 1. The van der Waals surface area contributed by atoms with Gasteiger partial charge in [0.15, 0.2) is 0 Å². The number of benzene rings is 1. The third-order valence-corrected chi connectivity index (χ3v) is 5.48. The number of hydrogen-bond acceptors (Lipinski definition) is 4. The number of rotatable bonds is 6. The van der Waals surface area contributed by atoms with Gasteiger partial charge in [-0.25, -0.2) is 4.79 Å². The molecule has 0 saturated heterocycles. The Labute approximate surface area is 177 Å². The number of nitrogens with zero attached hydrogens (tertiary/aromatic N) is 3. The van der Waals surface area contributed by atoms with Crippen LogP contribution in [0.1, 0.15) is 61.9 Å². The molecule has 4 rings (SSSR count). The maximum Gasteiger partial charge on any atom is 0.410 e. The van der Waals surface area contributed by atoms with Gasteiger partial charge in [-0.15, -0.1) is 0 Å². The fraction of sp³-hybridized carbons (Fsp3) is 0.522. The van der Waals surface area contributed by atoms with Crippen LogP contribution in [0, 0.1) is 5.92 Å². The standard InChI is InChI=1S/C23H30N4O3/c1-23(2,3)30-22(29)27(13-15-8-9-15)20-11-19(20)16-6-5-7-17(10-16)21(28)25-18-12-24-26(4)14-18/h5-7,10,12,14-15,19-20H,8-9,11,13H2,1-4H3,(H,25,28)/t19-,20+/m0/s1. The lowest BCUT2D eigenvalue weighted by Gasteiger charge is -2.28. The Morgan fingerprint density at radius 3 is 2.70 bits per heavy atom. The maximum atomic E-state index is 12.8. The van der Waals surface area contributed by atoms with E-state index in [1.54, 1.807) is 17.1 Å². The molecule has 1 heterocycles. The van der Waals surface area contributed by atoms with Crippen LogP contribution in [0.3, 0.4) is 0 Å². The summed E-state index contributed by atoms with van der Waals surface area (Å²) < 4.78 is 7.30. The van der Waals surface area contributed by atoms with E-state index in [0.717, 1.165) is 18.5 Å². The number of carbonyl (C=O) groups is 2. The van der Waals surface area contributed by atoms with Gasteiger partial charge in [-0.05, 0) is 63.6 Å². The quantitative estimate of drug-likeness (QED) is 0.775. The van der Waals surface area contributed by atoms with Gasteiger partial charge in [0.25, 0.3) is 5.91 Å². The first-order valence-corrected chi connectivity index (χ1v) is 10.6. The number of nitrogens with one attached hydrogen (secondary N) is 1. The van der Waals surface area contributed by atoms with Gasteiger partial charge in [-0.1, -0.05) is 12.1 Å². The van der Waals surface area contributed by atoms with Crippen molar-refractivity contribution in [2.45, 2.75) is 57.6 Å². The molecule has 30 heavy (non-hydrogen) atoms. The normalized spacial score (nSPS) is 20.5. The van der Waals surface area contributed by atoms with Gasteiger partial charge in [0.2, 0.25) is 0 Å². The van der Waals surface area contributed by atoms with Crippen LogP contribution >= 0.6 is 0 Å². The van der Waals surface area contributed by atoms with Crippen molar-refractivity contribution >= 4 is 17.7 Å².